The second-order valence-corrected chi connectivity index (χ2v) is 3.72. The van der Waals surface area contributed by atoms with Gasteiger partial charge in [-0.1, -0.05) is 6.07 Å². The maximum atomic E-state index is 11.0. The van der Waals surface area contributed by atoms with E-state index < -0.39 is 11.8 Å². The Balaban J connectivity index is 2.14. The Labute approximate surface area is 97.2 Å². The summed E-state index contributed by atoms with van der Waals surface area (Å²) in [6.45, 7) is 2.13. The minimum Gasteiger partial charge on any atom is -0.361 e. The number of primary amides is 1. The van der Waals surface area contributed by atoms with E-state index in [2.05, 4.69) is 15.3 Å². The van der Waals surface area contributed by atoms with E-state index in [0.29, 0.717) is 0 Å². The predicted octanol–water partition coefficient (Wildman–Crippen LogP) is -0.0272. The number of carbonyl (C=O) groups is 2. The summed E-state index contributed by atoms with van der Waals surface area (Å²) in [6, 6.07) is 5.56. The molecule has 1 aromatic carbocycles. The molecule has 17 heavy (non-hydrogen) atoms. The molecule has 88 valence electrons. The summed E-state index contributed by atoms with van der Waals surface area (Å²) in [4.78, 5) is 28.9. The van der Waals surface area contributed by atoms with E-state index in [1.54, 1.807) is 0 Å². The number of aromatic nitrogens is 2. The van der Waals surface area contributed by atoms with Gasteiger partial charge in [0.1, 0.15) is 5.82 Å². The Morgan fingerprint density at radius 3 is 2.94 bits per heavy atom. The van der Waals surface area contributed by atoms with Gasteiger partial charge in [0.15, 0.2) is 0 Å². The number of hydrogen-bond acceptors (Lipinski definition) is 3. The van der Waals surface area contributed by atoms with Gasteiger partial charge in [0.05, 0.1) is 11.0 Å². The first-order valence-electron chi connectivity index (χ1n) is 5.09. The van der Waals surface area contributed by atoms with E-state index >= 15 is 0 Å². The first kappa shape index (κ1) is 11.1. The number of benzene rings is 1. The molecule has 0 aliphatic heterocycles. The fraction of sp³-hybridized carbons (Fsp3) is 0.182. The molecule has 0 saturated carbocycles. The van der Waals surface area contributed by atoms with Crippen LogP contribution in [0.4, 0.5) is 0 Å². The minimum atomic E-state index is -0.983. The maximum absolute atomic E-state index is 11.0. The monoisotopic (exact) mass is 232 g/mol. The molecule has 6 nitrogen and oxygen atoms in total. The fourth-order valence-electron chi connectivity index (χ4n) is 1.56. The van der Waals surface area contributed by atoms with Gasteiger partial charge in [0.25, 0.3) is 0 Å². The smallest absolute Gasteiger partial charge is 0.309 e. The Kier molecular flexibility index (Phi) is 2.78. The highest BCUT2D eigenvalue weighted by molar-refractivity contribution is 6.34. The van der Waals surface area contributed by atoms with Gasteiger partial charge in [-0.3, -0.25) is 9.59 Å². The largest absolute Gasteiger partial charge is 0.361 e. The van der Waals surface area contributed by atoms with Crippen LogP contribution in [-0.2, 0) is 16.1 Å². The van der Waals surface area contributed by atoms with Crippen molar-refractivity contribution in [3.63, 3.8) is 0 Å². The number of nitrogens with zero attached hydrogens (tertiary/aromatic N) is 1. The molecule has 0 aliphatic carbocycles. The molecule has 1 aromatic heterocycles. The fourth-order valence-corrected chi connectivity index (χ4v) is 1.56. The average molecular weight is 232 g/mol. The lowest BCUT2D eigenvalue weighted by Crippen LogP contribution is -2.35. The Bertz CT molecular complexity index is 588. The second kappa shape index (κ2) is 4.25. The summed E-state index contributed by atoms with van der Waals surface area (Å²) in [5.74, 6) is -0.937. The lowest BCUT2D eigenvalue weighted by molar-refractivity contribution is -0.137. The van der Waals surface area contributed by atoms with Crippen molar-refractivity contribution in [1.82, 2.24) is 15.3 Å². The Morgan fingerprint density at radius 2 is 2.24 bits per heavy atom. The quantitative estimate of drug-likeness (QED) is 0.634. The van der Waals surface area contributed by atoms with Crippen molar-refractivity contribution >= 4 is 22.8 Å². The van der Waals surface area contributed by atoms with Gasteiger partial charge in [-0.25, -0.2) is 4.98 Å². The summed E-state index contributed by atoms with van der Waals surface area (Å²) < 4.78 is 0. The van der Waals surface area contributed by atoms with Crippen LogP contribution in [0.15, 0.2) is 18.2 Å². The van der Waals surface area contributed by atoms with Crippen molar-refractivity contribution in [2.45, 2.75) is 13.5 Å². The molecule has 0 saturated heterocycles. The Morgan fingerprint density at radius 1 is 1.47 bits per heavy atom. The molecule has 0 unspecified atom stereocenters. The summed E-state index contributed by atoms with van der Waals surface area (Å²) >= 11 is 0. The van der Waals surface area contributed by atoms with Gasteiger partial charge in [-0.15, -0.1) is 0 Å². The number of nitrogens with one attached hydrogen (secondary N) is 2. The maximum Gasteiger partial charge on any atom is 0.309 e. The van der Waals surface area contributed by atoms with Crippen LogP contribution in [-0.4, -0.2) is 21.8 Å². The van der Waals surface area contributed by atoms with E-state index in [-0.39, 0.29) is 6.54 Å². The van der Waals surface area contributed by atoms with Crippen LogP contribution in [0, 0.1) is 6.92 Å². The molecule has 0 atom stereocenters. The summed E-state index contributed by atoms with van der Waals surface area (Å²) in [5, 5.41) is 2.42. The van der Waals surface area contributed by atoms with Crippen molar-refractivity contribution in [2.24, 2.45) is 5.73 Å². The van der Waals surface area contributed by atoms with Crippen LogP contribution >= 0.6 is 0 Å². The SMILES string of the molecule is Cc1nc2ccc(CNC(=O)C(N)=O)cc2[nH]1. The summed E-state index contributed by atoms with van der Waals surface area (Å²) in [5.41, 5.74) is 7.46. The number of fused-ring (bicyclic) bond motifs is 1. The first-order chi connectivity index (χ1) is 8.06. The number of amides is 2. The van der Waals surface area contributed by atoms with Crippen molar-refractivity contribution in [1.29, 1.82) is 0 Å². The number of aromatic amines is 1. The number of carbonyl (C=O) groups excluding carboxylic acids is 2. The molecule has 2 rings (SSSR count). The molecule has 2 aromatic rings. The van der Waals surface area contributed by atoms with Crippen LogP contribution in [0.2, 0.25) is 0 Å². The third-order valence-corrected chi connectivity index (χ3v) is 2.34. The molecule has 0 bridgehead atoms. The molecular weight excluding hydrogens is 220 g/mol. The van der Waals surface area contributed by atoms with Gasteiger partial charge in [-0.05, 0) is 24.6 Å². The van der Waals surface area contributed by atoms with Gasteiger partial charge >= 0.3 is 11.8 Å². The molecule has 0 aliphatic rings. The first-order valence-corrected chi connectivity index (χ1v) is 5.09. The standard InChI is InChI=1S/C11H12N4O2/c1-6-14-8-3-2-7(4-9(8)15-6)5-13-11(17)10(12)16/h2-4H,5H2,1H3,(H2,12,16)(H,13,17)(H,14,15). The minimum absolute atomic E-state index is 0.260. The van der Waals surface area contributed by atoms with E-state index in [9.17, 15) is 9.59 Å². The normalized spacial score (nSPS) is 10.4. The molecule has 0 radical (unpaired) electrons. The third-order valence-electron chi connectivity index (χ3n) is 2.34. The van der Waals surface area contributed by atoms with Crippen LogP contribution < -0.4 is 11.1 Å². The molecule has 0 spiro atoms. The van der Waals surface area contributed by atoms with Crippen molar-refractivity contribution in [3.05, 3.63) is 29.6 Å². The number of H-pyrrole nitrogens is 1. The predicted molar refractivity (Wildman–Crippen MR) is 61.9 cm³/mol. The molecule has 2 amide bonds. The van der Waals surface area contributed by atoms with Gasteiger partial charge in [-0.2, -0.15) is 0 Å². The van der Waals surface area contributed by atoms with Crippen molar-refractivity contribution in [2.75, 3.05) is 0 Å². The average Bonchev–Trinajstić information content (AvgIpc) is 2.64. The second-order valence-electron chi connectivity index (χ2n) is 3.72. The van der Waals surface area contributed by atoms with Crippen molar-refractivity contribution in [3.8, 4) is 0 Å². The van der Waals surface area contributed by atoms with E-state index in [0.717, 1.165) is 22.4 Å². The van der Waals surface area contributed by atoms with Crippen LogP contribution in [0.25, 0.3) is 11.0 Å². The third kappa shape index (κ3) is 2.41. The lowest BCUT2D eigenvalue weighted by Gasteiger charge is -2.02. The zero-order chi connectivity index (χ0) is 12.4. The van der Waals surface area contributed by atoms with E-state index in [1.165, 1.54) is 0 Å². The highest BCUT2D eigenvalue weighted by Crippen LogP contribution is 2.13. The van der Waals surface area contributed by atoms with Crippen molar-refractivity contribution < 1.29 is 9.59 Å². The zero-order valence-corrected chi connectivity index (χ0v) is 9.28. The molecule has 1 heterocycles. The zero-order valence-electron chi connectivity index (χ0n) is 9.28. The number of hydrogen-bond donors (Lipinski definition) is 3. The van der Waals surface area contributed by atoms with Crippen LogP contribution in [0.3, 0.4) is 0 Å². The lowest BCUT2D eigenvalue weighted by atomic mass is 10.2. The van der Waals surface area contributed by atoms with Gasteiger partial charge < -0.3 is 16.0 Å². The van der Waals surface area contributed by atoms with Gasteiger partial charge in [0, 0.05) is 6.54 Å². The molecule has 6 heteroatoms. The highest BCUT2D eigenvalue weighted by Gasteiger charge is 2.07. The topological polar surface area (TPSA) is 101 Å². The summed E-state index contributed by atoms with van der Waals surface area (Å²) in [6.07, 6.45) is 0. The highest BCUT2D eigenvalue weighted by atomic mass is 16.2. The molecular formula is C11H12N4O2. The Hall–Kier alpha value is -2.37. The van der Waals surface area contributed by atoms with E-state index in [1.807, 2.05) is 25.1 Å². The molecule has 4 N–H and O–H groups in total. The van der Waals surface area contributed by atoms with Gasteiger partial charge in [0.2, 0.25) is 0 Å². The number of rotatable bonds is 2. The van der Waals surface area contributed by atoms with Crippen LogP contribution in [0.5, 0.6) is 0 Å². The summed E-state index contributed by atoms with van der Waals surface area (Å²) in [7, 11) is 0. The number of imidazole rings is 1. The van der Waals surface area contributed by atoms with E-state index in [4.69, 9.17) is 5.73 Å². The number of aryl methyl sites for hydroxylation is 1. The van der Waals surface area contributed by atoms with Crippen LogP contribution in [0.1, 0.15) is 11.4 Å². The number of nitrogens with two attached hydrogens (primary N) is 1. The molecule has 0 fully saturated rings.